The smallest absolute Gasteiger partial charge is 0.348 e. The Morgan fingerprint density at radius 2 is 2.36 bits per heavy atom. The van der Waals surface area contributed by atoms with Gasteiger partial charge in [0.25, 0.3) is 0 Å². The number of rotatable bonds is 3. The molecule has 0 fully saturated rings. The highest BCUT2D eigenvalue weighted by molar-refractivity contribution is 7.17. The highest BCUT2D eigenvalue weighted by Crippen LogP contribution is 2.29. The minimum Gasteiger partial charge on any atom is -0.462 e. The Morgan fingerprint density at radius 3 is 2.79 bits per heavy atom. The zero-order valence-corrected chi connectivity index (χ0v) is 8.59. The zero-order chi connectivity index (χ0) is 10.7. The number of nitro groups is 1. The van der Waals surface area contributed by atoms with E-state index in [0.717, 1.165) is 11.3 Å². The first-order valence-corrected chi connectivity index (χ1v) is 4.79. The summed E-state index contributed by atoms with van der Waals surface area (Å²) in [5.74, 6) is -0.506. The molecule has 0 aliphatic carbocycles. The van der Waals surface area contributed by atoms with Crippen LogP contribution in [0.2, 0.25) is 0 Å². The molecule has 0 N–H and O–H groups in total. The molecular weight excluding hydrogens is 206 g/mol. The van der Waals surface area contributed by atoms with Crippen molar-refractivity contribution in [1.29, 1.82) is 0 Å². The van der Waals surface area contributed by atoms with Crippen LogP contribution in [0.5, 0.6) is 0 Å². The second kappa shape index (κ2) is 4.19. The average Bonchev–Trinajstić information content (AvgIpc) is 2.48. The van der Waals surface area contributed by atoms with Crippen molar-refractivity contribution in [2.24, 2.45) is 0 Å². The van der Waals surface area contributed by atoms with Gasteiger partial charge in [-0.1, -0.05) is 11.3 Å². The summed E-state index contributed by atoms with van der Waals surface area (Å²) >= 11 is 0.842. The van der Waals surface area contributed by atoms with Gasteiger partial charge in [-0.15, -0.1) is 0 Å². The Kier molecular flexibility index (Phi) is 3.19. The minimum atomic E-state index is -0.506. The van der Waals surface area contributed by atoms with E-state index >= 15 is 0 Å². The van der Waals surface area contributed by atoms with Crippen LogP contribution < -0.4 is 0 Å². The molecule has 1 heterocycles. The Balaban J connectivity index is 2.96. The van der Waals surface area contributed by atoms with E-state index in [1.165, 1.54) is 6.07 Å². The van der Waals surface area contributed by atoms with Crippen molar-refractivity contribution in [1.82, 2.24) is 0 Å². The van der Waals surface area contributed by atoms with Crippen LogP contribution in [0.15, 0.2) is 6.07 Å². The Hall–Kier alpha value is -1.43. The van der Waals surface area contributed by atoms with E-state index in [0.29, 0.717) is 5.56 Å². The fraction of sp³-hybridized carbons (Fsp3) is 0.375. The molecule has 0 aliphatic rings. The number of hydrogen-bond donors (Lipinski definition) is 0. The summed E-state index contributed by atoms with van der Waals surface area (Å²) in [6.07, 6.45) is 0. The average molecular weight is 215 g/mol. The number of nitrogens with zero attached hydrogens (tertiary/aromatic N) is 1. The van der Waals surface area contributed by atoms with Gasteiger partial charge in [0.2, 0.25) is 0 Å². The van der Waals surface area contributed by atoms with Crippen molar-refractivity contribution >= 4 is 22.3 Å². The van der Waals surface area contributed by atoms with Crippen molar-refractivity contribution in [2.45, 2.75) is 13.8 Å². The first kappa shape index (κ1) is 10.6. The summed E-state index contributed by atoms with van der Waals surface area (Å²) in [7, 11) is 0. The summed E-state index contributed by atoms with van der Waals surface area (Å²) in [5, 5.41) is 10.5. The summed E-state index contributed by atoms with van der Waals surface area (Å²) in [6, 6.07) is 1.47. The van der Waals surface area contributed by atoms with Crippen LogP contribution in [0.25, 0.3) is 0 Å². The van der Waals surface area contributed by atoms with Crippen LogP contribution >= 0.6 is 11.3 Å². The highest BCUT2D eigenvalue weighted by atomic mass is 32.1. The fourth-order valence-electron chi connectivity index (χ4n) is 0.957. The molecule has 6 heteroatoms. The van der Waals surface area contributed by atoms with Crippen LogP contribution in [0, 0.1) is 17.0 Å². The van der Waals surface area contributed by atoms with Gasteiger partial charge in [0.1, 0.15) is 4.88 Å². The first-order chi connectivity index (χ1) is 6.56. The highest BCUT2D eigenvalue weighted by Gasteiger charge is 2.20. The molecule has 0 saturated carbocycles. The van der Waals surface area contributed by atoms with Gasteiger partial charge < -0.3 is 4.74 Å². The van der Waals surface area contributed by atoms with E-state index in [1.807, 2.05) is 0 Å². The van der Waals surface area contributed by atoms with Crippen molar-refractivity contribution in [3.8, 4) is 0 Å². The van der Waals surface area contributed by atoms with Crippen LogP contribution in [0.4, 0.5) is 5.00 Å². The second-order valence-corrected chi connectivity index (χ2v) is 3.61. The van der Waals surface area contributed by atoms with Crippen molar-refractivity contribution in [3.63, 3.8) is 0 Å². The fourth-order valence-corrected chi connectivity index (χ4v) is 1.84. The monoisotopic (exact) mass is 215 g/mol. The van der Waals surface area contributed by atoms with E-state index in [-0.39, 0.29) is 16.5 Å². The number of thiophene rings is 1. The molecule has 14 heavy (non-hydrogen) atoms. The van der Waals surface area contributed by atoms with Crippen LogP contribution in [-0.2, 0) is 4.74 Å². The predicted octanol–water partition coefficient (Wildman–Crippen LogP) is 2.14. The number of hydrogen-bond acceptors (Lipinski definition) is 5. The Labute approximate surface area is 84.5 Å². The third kappa shape index (κ3) is 2.08. The zero-order valence-electron chi connectivity index (χ0n) is 7.77. The molecule has 0 bridgehead atoms. The lowest BCUT2D eigenvalue weighted by Gasteiger charge is -1.95. The largest absolute Gasteiger partial charge is 0.462 e. The maximum Gasteiger partial charge on any atom is 0.348 e. The maximum atomic E-state index is 11.2. The van der Waals surface area contributed by atoms with E-state index < -0.39 is 10.9 Å². The maximum absolute atomic E-state index is 11.2. The SMILES string of the molecule is CCOC(=O)c1cc(C)c([N+](=O)[O-])s1. The third-order valence-corrected chi connectivity index (χ3v) is 2.70. The van der Waals surface area contributed by atoms with Gasteiger partial charge in [-0.3, -0.25) is 10.1 Å². The minimum absolute atomic E-state index is 0.00643. The number of esters is 1. The van der Waals surface area contributed by atoms with E-state index in [4.69, 9.17) is 4.74 Å². The summed E-state index contributed by atoms with van der Waals surface area (Å²) in [4.78, 5) is 21.5. The summed E-state index contributed by atoms with van der Waals surface area (Å²) in [5.41, 5.74) is 0.489. The Bertz CT molecular complexity index is 371. The number of carbonyl (C=O) groups is 1. The van der Waals surface area contributed by atoms with Gasteiger partial charge >= 0.3 is 11.0 Å². The van der Waals surface area contributed by atoms with Gasteiger partial charge in [0, 0.05) is 5.56 Å². The number of carbonyl (C=O) groups excluding carboxylic acids is 1. The molecule has 0 unspecified atom stereocenters. The molecule has 0 atom stereocenters. The molecule has 0 spiro atoms. The molecule has 0 saturated heterocycles. The molecular formula is C8H9NO4S. The van der Waals surface area contributed by atoms with Crippen LogP contribution in [-0.4, -0.2) is 17.5 Å². The quantitative estimate of drug-likeness (QED) is 0.440. The molecule has 0 radical (unpaired) electrons. The molecule has 76 valence electrons. The number of aryl methyl sites for hydroxylation is 1. The summed E-state index contributed by atoms with van der Waals surface area (Å²) < 4.78 is 4.72. The molecule has 0 aromatic carbocycles. The van der Waals surface area contributed by atoms with Gasteiger partial charge in [0.05, 0.1) is 11.5 Å². The molecule has 0 amide bonds. The predicted molar refractivity (Wildman–Crippen MR) is 51.7 cm³/mol. The van der Waals surface area contributed by atoms with Crippen molar-refractivity contribution in [2.75, 3.05) is 6.61 Å². The summed E-state index contributed by atoms with van der Waals surface area (Å²) in [6.45, 7) is 3.55. The van der Waals surface area contributed by atoms with Crippen LogP contribution in [0.1, 0.15) is 22.2 Å². The van der Waals surface area contributed by atoms with Gasteiger partial charge in [0.15, 0.2) is 0 Å². The standard InChI is InChI=1S/C8H9NO4S/c1-3-13-8(10)6-4-5(2)7(14-6)9(11)12/h4H,3H2,1-2H3. The Morgan fingerprint density at radius 1 is 1.71 bits per heavy atom. The molecule has 1 aromatic heterocycles. The van der Waals surface area contributed by atoms with E-state index in [1.54, 1.807) is 13.8 Å². The van der Waals surface area contributed by atoms with Gasteiger partial charge in [-0.05, 0) is 19.9 Å². The molecule has 0 aliphatic heterocycles. The van der Waals surface area contributed by atoms with Gasteiger partial charge in [-0.25, -0.2) is 4.79 Å². The topological polar surface area (TPSA) is 69.4 Å². The second-order valence-electron chi connectivity index (χ2n) is 2.58. The first-order valence-electron chi connectivity index (χ1n) is 3.98. The van der Waals surface area contributed by atoms with E-state index in [2.05, 4.69) is 0 Å². The van der Waals surface area contributed by atoms with Crippen molar-refractivity contribution in [3.05, 3.63) is 26.6 Å². The number of ether oxygens (including phenoxy) is 1. The lowest BCUT2D eigenvalue weighted by Crippen LogP contribution is -2.01. The van der Waals surface area contributed by atoms with Crippen LogP contribution in [0.3, 0.4) is 0 Å². The third-order valence-electron chi connectivity index (χ3n) is 1.53. The molecule has 5 nitrogen and oxygen atoms in total. The van der Waals surface area contributed by atoms with Crippen molar-refractivity contribution < 1.29 is 14.5 Å². The van der Waals surface area contributed by atoms with E-state index in [9.17, 15) is 14.9 Å². The normalized spacial score (nSPS) is 9.86. The van der Waals surface area contributed by atoms with Gasteiger partial charge in [-0.2, -0.15) is 0 Å². The molecule has 1 rings (SSSR count). The lowest BCUT2D eigenvalue weighted by molar-refractivity contribution is -0.380. The molecule has 1 aromatic rings. The lowest BCUT2D eigenvalue weighted by atomic mass is 10.3.